The summed E-state index contributed by atoms with van der Waals surface area (Å²) in [6.07, 6.45) is 1.93. The Hall–Kier alpha value is -2.40. The SMILES string of the molecule is CCCCOc1c(Cl)cc(C(=O)Nc2ccccc2OC)cc1OCC. The number of anilines is 1. The van der Waals surface area contributed by atoms with E-state index in [1.54, 1.807) is 31.4 Å². The molecule has 0 saturated carbocycles. The van der Waals surface area contributed by atoms with Gasteiger partial charge in [-0.1, -0.05) is 37.1 Å². The Balaban J connectivity index is 2.26. The average Bonchev–Trinajstić information content (AvgIpc) is 2.64. The number of carbonyl (C=O) groups is 1. The van der Waals surface area contributed by atoms with Crippen LogP contribution >= 0.6 is 11.6 Å². The van der Waals surface area contributed by atoms with Crippen LogP contribution in [0.3, 0.4) is 0 Å². The number of carbonyl (C=O) groups excluding carboxylic acids is 1. The predicted octanol–water partition coefficient (Wildman–Crippen LogP) is 5.18. The van der Waals surface area contributed by atoms with Gasteiger partial charge in [0.15, 0.2) is 11.5 Å². The van der Waals surface area contributed by atoms with Gasteiger partial charge in [-0.15, -0.1) is 0 Å². The number of unbranched alkanes of at least 4 members (excludes halogenated alkanes) is 1. The first-order valence-electron chi connectivity index (χ1n) is 8.64. The summed E-state index contributed by atoms with van der Waals surface area (Å²) in [5, 5.41) is 3.17. The molecule has 0 fully saturated rings. The van der Waals surface area contributed by atoms with Gasteiger partial charge in [-0.25, -0.2) is 0 Å². The maximum Gasteiger partial charge on any atom is 0.255 e. The Bertz CT molecular complexity index is 749. The number of methoxy groups -OCH3 is 1. The quantitative estimate of drug-likeness (QED) is 0.612. The molecule has 0 aliphatic rings. The zero-order valence-corrected chi connectivity index (χ0v) is 16.1. The highest BCUT2D eigenvalue weighted by Gasteiger charge is 2.17. The number of hydrogen-bond donors (Lipinski definition) is 1. The summed E-state index contributed by atoms with van der Waals surface area (Å²) in [6, 6.07) is 10.4. The van der Waals surface area contributed by atoms with Gasteiger partial charge in [0.1, 0.15) is 5.75 Å². The smallest absolute Gasteiger partial charge is 0.255 e. The molecule has 1 N–H and O–H groups in total. The van der Waals surface area contributed by atoms with E-state index in [-0.39, 0.29) is 5.91 Å². The van der Waals surface area contributed by atoms with E-state index in [1.165, 1.54) is 0 Å². The Morgan fingerprint density at radius 2 is 1.88 bits per heavy atom. The van der Waals surface area contributed by atoms with E-state index in [0.29, 0.717) is 46.7 Å². The molecule has 0 atom stereocenters. The summed E-state index contributed by atoms with van der Waals surface area (Å²) < 4.78 is 16.6. The number of benzene rings is 2. The minimum Gasteiger partial charge on any atom is -0.495 e. The fourth-order valence-electron chi connectivity index (χ4n) is 2.36. The van der Waals surface area contributed by atoms with Crippen molar-refractivity contribution < 1.29 is 19.0 Å². The molecule has 6 heteroatoms. The van der Waals surface area contributed by atoms with Crippen molar-refractivity contribution in [2.75, 3.05) is 25.6 Å². The van der Waals surface area contributed by atoms with Crippen molar-refractivity contribution >= 4 is 23.2 Å². The monoisotopic (exact) mass is 377 g/mol. The first-order valence-corrected chi connectivity index (χ1v) is 9.02. The molecule has 0 heterocycles. The lowest BCUT2D eigenvalue weighted by atomic mass is 10.1. The lowest BCUT2D eigenvalue weighted by Crippen LogP contribution is -2.13. The molecule has 0 radical (unpaired) electrons. The number of halogens is 1. The minimum atomic E-state index is -0.308. The second kappa shape index (κ2) is 9.92. The van der Waals surface area contributed by atoms with Gasteiger partial charge in [-0.3, -0.25) is 4.79 Å². The molecule has 0 aliphatic heterocycles. The van der Waals surface area contributed by atoms with E-state index >= 15 is 0 Å². The van der Waals surface area contributed by atoms with E-state index in [2.05, 4.69) is 12.2 Å². The van der Waals surface area contributed by atoms with Crippen LogP contribution in [0.25, 0.3) is 0 Å². The molecule has 0 unspecified atom stereocenters. The zero-order chi connectivity index (χ0) is 18.9. The van der Waals surface area contributed by atoms with Crippen LogP contribution in [0.15, 0.2) is 36.4 Å². The lowest BCUT2D eigenvalue weighted by molar-refractivity contribution is 0.102. The van der Waals surface area contributed by atoms with Gasteiger partial charge in [-0.05, 0) is 37.6 Å². The van der Waals surface area contributed by atoms with Crippen molar-refractivity contribution in [1.29, 1.82) is 0 Å². The molecule has 26 heavy (non-hydrogen) atoms. The summed E-state index contributed by atoms with van der Waals surface area (Å²) in [4.78, 5) is 12.6. The Morgan fingerprint density at radius 1 is 1.12 bits per heavy atom. The van der Waals surface area contributed by atoms with Crippen LogP contribution in [0.1, 0.15) is 37.0 Å². The van der Waals surface area contributed by atoms with E-state index in [1.807, 2.05) is 19.1 Å². The summed E-state index contributed by atoms with van der Waals surface area (Å²) in [6.45, 7) is 4.94. The lowest BCUT2D eigenvalue weighted by Gasteiger charge is -2.15. The molecule has 0 aromatic heterocycles. The third-order valence-electron chi connectivity index (χ3n) is 3.67. The third-order valence-corrected chi connectivity index (χ3v) is 3.95. The summed E-state index contributed by atoms with van der Waals surface area (Å²) in [7, 11) is 1.55. The number of nitrogens with one attached hydrogen (secondary N) is 1. The number of rotatable bonds is 9. The van der Waals surface area contributed by atoms with Gasteiger partial charge >= 0.3 is 0 Å². The first kappa shape index (κ1) is 19.9. The van der Waals surface area contributed by atoms with Crippen molar-refractivity contribution in [2.45, 2.75) is 26.7 Å². The normalized spacial score (nSPS) is 10.3. The molecular formula is C20H24ClNO4. The van der Waals surface area contributed by atoms with Gasteiger partial charge in [0, 0.05) is 5.56 Å². The summed E-state index contributed by atoms with van der Waals surface area (Å²) in [5.41, 5.74) is 0.963. The van der Waals surface area contributed by atoms with Crippen LogP contribution in [0.2, 0.25) is 5.02 Å². The molecule has 140 valence electrons. The van der Waals surface area contributed by atoms with E-state index < -0.39 is 0 Å². The fraction of sp³-hybridized carbons (Fsp3) is 0.350. The maximum absolute atomic E-state index is 12.6. The average molecular weight is 378 g/mol. The molecule has 0 spiro atoms. The van der Waals surface area contributed by atoms with Crippen molar-refractivity contribution in [3.05, 3.63) is 47.0 Å². The van der Waals surface area contributed by atoms with Crippen molar-refractivity contribution in [2.24, 2.45) is 0 Å². The summed E-state index contributed by atoms with van der Waals surface area (Å²) >= 11 is 6.35. The topological polar surface area (TPSA) is 56.8 Å². The van der Waals surface area contributed by atoms with Gasteiger partial charge in [0.2, 0.25) is 0 Å². The molecule has 1 amide bonds. The van der Waals surface area contributed by atoms with Crippen LogP contribution < -0.4 is 19.5 Å². The first-order chi connectivity index (χ1) is 12.6. The second-order valence-corrected chi connectivity index (χ2v) is 5.98. The van der Waals surface area contributed by atoms with Gasteiger partial charge < -0.3 is 19.5 Å². The van der Waals surface area contributed by atoms with Gasteiger partial charge in [0.05, 0.1) is 31.0 Å². The van der Waals surface area contributed by atoms with Gasteiger partial charge in [-0.2, -0.15) is 0 Å². The highest BCUT2D eigenvalue weighted by Crippen LogP contribution is 2.37. The molecule has 0 aliphatic carbocycles. The third kappa shape index (κ3) is 5.05. The van der Waals surface area contributed by atoms with Crippen LogP contribution in [0.4, 0.5) is 5.69 Å². The van der Waals surface area contributed by atoms with Crippen LogP contribution in [-0.4, -0.2) is 26.2 Å². The fourth-order valence-corrected chi connectivity index (χ4v) is 2.63. The van der Waals surface area contributed by atoms with Crippen molar-refractivity contribution in [3.63, 3.8) is 0 Å². The van der Waals surface area contributed by atoms with Crippen molar-refractivity contribution in [3.8, 4) is 17.2 Å². The highest BCUT2D eigenvalue weighted by molar-refractivity contribution is 6.32. The standard InChI is InChI=1S/C20H24ClNO4/c1-4-6-11-26-19-15(21)12-14(13-18(19)25-5-2)20(23)22-16-9-7-8-10-17(16)24-3/h7-10,12-13H,4-6,11H2,1-3H3,(H,22,23). The predicted molar refractivity (Wildman–Crippen MR) is 104 cm³/mol. The Kier molecular flexibility index (Phi) is 7.60. The Morgan fingerprint density at radius 3 is 2.58 bits per heavy atom. The molecule has 0 bridgehead atoms. The molecule has 2 aromatic carbocycles. The van der Waals surface area contributed by atoms with Crippen LogP contribution in [0.5, 0.6) is 17.2 Å². The molecular weight excluding hydrogens is 354 g/mol. The number of hydrogen-bond acceptors (Lipinski definition) is 4. The minimum absolute atomic E-state index is 0.308. The van der Waals surface area contributed by atoms with Crippen molar-refractivity contribution in [1.82, 2.24) is 0 Å². The molecule has 2 rings (SSSR count). The summed E-state index contributed by atoms with van der Waals surface area (Å²) in [5.74, 6) is 1.20. The van der Waals surface area contributed by atoms with Crippen LogP contribution in [0, 0.1) is 0 Å². The molecule has 5 nitrogen and oxygen atoms in total. The molecule has 0 saturated heterocycles. The Labute approximate surface area is 159 Å². The van der Waals surface area contributed by atoms with E-state index in [0.717, 1.165) is 12.8 Å². The maximum atomic E-state index is 12.6. The van der Waals surface area contributed by atoms with Crippen LogP contribution in [-0.2, 0) is 0 Å². The zero-order valence-electron chi connectivity index (χ0n) is 15.3. The number of ether oxygens (including phenoxy) is 3. The highest BCUT2D eigenvalue weighted by atomic mass is 35.5. The second-order valence-electron chi connectivity index (χ2n) is 5.57. The molecule has 2 aromatic rings. The van der Waals surface area contributed by atoms with E-state index in [9.17, 15) is 4.79 Å². The van der Waals surface area contributed by atoms with E-state index in [4.69, 9.17) is 25.8 Å². The number of para-hydroxylation sites is 2. The largest absolute Gasteiger partial charge is 0.495 e. The number of amides is 1. The van der Waals surface area contributed by atoms with Gasteiger partial charge in [0.25, 0.3) is 5.91 Å².